The molecule has 382 valence electrons. The summed E-state index contributed by atoms with van der Waals surface area (Å²) in [5.74, 6) is -1.10. The average molecular weight is 941 g/mol. The van der Waals surface area contributed by atoms with Gasteiger partial charge in [0.25, 0.3) is 0 Å². The molecule has 0 saturated carbocycles. The van der Waals surface area contributed by atoms with Gasteiger partial charge in [-0.3, -0.25) is 23.4 Å². The third-order valence-corrected chi connectivity index (χ3v) is 12.9. The van der Waals surface area contributed by atoms with E-state index in [1.807, 2.05) is 0 Å². The summed E-state index contributed by atoms with van der Waals surface area (Å²) >= 11 is 0. The lowest BCUT2D eigenvalue weighted by atomic mass is 10.1. The van der Waals surface area contributed by atoms with Crippen molar-refractivity contribution in [2.75, 3.05) is 52.6 Å². The molecule has 3 amide bonds. The number of nitrogens with one attached hydrogen (secondary N) is 4. The molecule has 0 radical (unpaired) electrons. The maximum Gasteiger partial charge on any atom is 0.405 e. The molecule has 0 rings (SSSR count). The first-order valence-corrected chi connectivity index (χ1v) is 28.1. The number of hydrogen-bond donors (Lipinski definition) is 4. The van der Waals surface area contributed by atoms with E-state index in [2.05, 4.69) is 59.2 Å². The average Bonchev–Trinajstić information content (AvgIpc) is 3.29. The second-order valence-electron chi connectivity index (χ2n) is 17.9. The molecule has 0 aromatic carbocycles. The summed E-state index contributed by atoms with van der Waals surface area (Å²) in [5, 5.41) is 11.3. The second kappa shape index (κ2) is 47.0. The molecule has 65 heavy (non-hydrogen) atoms. The summed E-state index contributed by atoms with van der Waals surface area (Å²) in [4.78, 5) is 36.5. The zero-order valence-corrected chi connectivity index (χ0v) is 43.5. The van der Waals surface area contributed by atoms with Crippen molar-refractivity contribution < 1.29 is 37.5 Å². The van der Waals surface area contributed by atoms with Crippen molar-refractivity contribution in [1.29, 1.82) is 0 Å². The number of unbranched alkanes of at least 4 members (excludes halogenated alkanes) is 24. The summed E-state index contributed by atoms with van der Waals surface area (Å²) in [7, 11) is -3.80. The molecule has 0 fully saturated rings. The Morgan fingerprint density at radius 1 is 0.431 bits per heavy atom. The van der Waals surface area contributed by atoms with Crippen LogP contribution < -0.4 is 21.0 Å². The maximum absolute atomic E-state index is 13.7. The summed E-state index contributed by atoms with van der Waals surface area (Å²) in [5.41, 5.74) is 0. The Kier molecular flexibility index (Phi) is 45.5. The fourth-order valence-corrected chi connectivity index (χ4v) is 8.50. The van der Waals surface area contributed by atoms with Crippen LogP contribution in [0.15, 0.2) is 24.3 Å². The second-order valence-corrected chi connectivity index (χ2v) is 19.8. The quantitative estimate of drug-likeness (QED) is 0.0202. The van der Waals surface area contributed by atoms with E-state index in [1.54, 1.807) is 20.8 Å². The smallest absolute Gasteiger partial charge is 0.354 e. The largest absolute Gasteiger partial charge is 0.405 e. The fraction of sp³-hybridized carbons (Fsp3) is 0.865. The summed E-state index contributed by atoms with van der Waals surface area (Å²) in [6.45, 7) is 11.1. The maximum atomic E-state index is 13.7. The number of amides is 3. The molecule has 0 aliphatic heterocycles. The third kappa shape index (κ3) is 46.8. The van der Waals surface area contributed by atoms with Gasteiger partial charge in [0.05, 0.1) is 26.4 Å². The Morgan fingerprint density at radius 2 is 0.754 bits per heavy atom. The Hall–Kier alpha value is -2.08. The molecule has 12 nitrogen and oxygen atoms in total. The van der Waals surface area contributed by atoms with Crippen molar-refractivity contribution in [3.63, 3.8) is 0 Å². The van der Waals surface area contributed by atoms with E-state index >= 15 is 0 Å². The standard InChI is InChI=1S/C52H101N4O8P/c1-6-9-11-13-15-17-19-21-23-25-27-29-31-33-35-37-39-50(58)54-42-47-63-65(60,56-44-46-62-52(4,5)61-45-41-53-49(57)8-3)64-48-43-55-51(59)40-38-36-34-32-30-28-26-24-22-20-18-16-14-12-10-7-2/h23-26H,6-22,27-48H2,1-5H3,(H,53,57)(H,54,58)(H,55,59)(H,56,60). The zero-order valence-electron chi connectivity index (χ0n) is 42.6. The van der Waals surface area contributed by atoms with E-state index in [1.165, 1.54) is 128 Å². The first-order chi connectivity index (χ1) is 31.6. The lowest BCUT2D eigenvalue weighted by Crippen LogP contribution is -2.35. The van der Waals surface area contributed by atoms with Crippen LogP contribution in [0.1, 0.15) is 234 Å². The van der Waals surface area contributed by atoms with Gasteiger partial charge in [0.15, 0.2) is 5.79 Å². The van der Waals surface area contributed by atoms with Crippen LogP contribution in [0.5, 0.6) is 0 Å². The van der Waals surface area contributed by atoms with Crippen LogP contribution in [0.4, 0.5) is 0 Å². The van der Waals surface area contributed by atoms with Crippen LogP contribution in [0, 0.1) is 0 Å². The highest BCUT2D eigenvalue weighted by molar-refractivity contribution is 7.51. The van der Waals surface area contributed by atoms with E-state index < -0.39 is 13.5 Å². The van der Waals surface area contributed by atoms with Gasteiger partial charge in [-0.25, -0.2) is 9.65 Å². The summed E-state index contributed by atoms with van der Waals surface area (Å²) in [6.07, 6.45) is 44.9. The monoisotopic (exact) mass is 941 g/mol. The van der Waals surface area contributed by atoms with Gasteiger partial charge < -0.3 is 25.4 Å². The van der Waals surface area contributed by atoms with Gasteiger partial charge in [-0.1, -0.05) is 161 Å². The van der Waals surface area contributed by atoms with Crippen molar-refractivity contribution in [1.82, 2.24) is 21.0 Å². The molecular weight excluding hydrogens is 840 g/mol. The van der Waals surface area contributed by atoms with Crippen molar-refractivity contribution in [3.05, 3.63) is 24.3 Å². The molecule has 0 unspecified atom stereocenters. The van der Waals surface area contributed by atoms with Crippen LogP contribution in [-0.4, -0.2) is 76.1 Å². The topological polar surface area (TPSA) is 153 Å². The van der Waals surface area contributed by atoms with Crippen LogP contribution in [0.3, 0.4) is 0 Å². The molecule has 0 aromatic rings. The Morgan fingerprint density at radius 3 is 1.14 bits per heavy atom. The molecule has 0 atom stereocenters. The van der Waals surface area contributed by atoms with Gasteiger partial charge in [-0.05, 0) is 78.1 Å². The lowest BCUT2D eigenvalue weighted by molar-refractivity contribution is -0.211. The van der Waals surface area contributed by atoms with Gasteiger partial charge in [0, 0.05) is 45.4 Å². The molecule has 0 heterocycles. The number of allylic oxidation sites excluding steroid dienone is 4. The first-order valence-electron chi connectivity index (χ1n) is 26.6. The molecule has 0 bridgehead atoms. The molecule has 13 heteroatoms. The van der Waals surface area contributed by atoms with Crippen molar-refractivity contribution in [2.24, 2.45) is 0 Å². The Balaban J connectivity index is 4.42. The normalized spacial score (nSPS) is 12.9. The van der Waals surface area contributed by atoms with E-state index in [4.69, 9.17) is 18.5 Å². The molecule has 0 saturated heterocycles. The van der Waals surface area contributed by atoms with Crippen LogP contribution in [0.2, 0.25) is 0 Å². The minimum atomic E-state index is -3.80. The van der Waals surface area contributed by atoms with E-state index in [9.17, 15) is 18.9 Å². The van der Waals surface area contributed by atoms with Crippen molar-refractivity contribution in [3.8, 4) is 0 Å². The number of hydrogen-bond acceptors (Lipinski definition) is 8. The fourth-order valence-electron chi connectivity index (χ4n) is 7.22. The predicted molar refractivity (Wildman–Crippen MR) is 271 cm³/mol. The molecule has 0 aliphatic carbocycles. The highest BCUT2D eigenvalue weighted by Gasteiger charge is 2.25. The van der Waals surface area contributed by atoms with Gasteiger partial charge in [0.2, 0.25) is 17.7 Å². The Labute approximate surface area is 399 Å². The van der Waals surface area contributed by atoms with Gasteiger partial charge in [-0.2, -0.15) is 0 Å². The minimum absolute atomic E-state index is 0.0106. The minimum Gasteiger partial charge on any atom is -0.354 e. The van der Waals surface area contributed by atoms with Crippen LogP contribution >= 0.6 is 7.75 Å². The first kappa shape index (κ1) is 62.9. The number of rotatable bonds is 50. The molecule has 4 N–H and O–H groups in total. The van der Waals surface area contributed by atoms with Crippen LogP contribution in [0.25, 0.3) is 0 Å². The zero-order chi connectivity index (χ0) is 47.8. The van der Waals surface area contributed by atoms with Gasteiger partial charge in [0.1, 0.15) is 0 Å². The van der Waals surface area contributed by atoms with Gasteiger partial charge >= 0.3 is 7.75 Å². The highest BCUT2D eigenvalue weighted by Crippen LogP contribution is 2.43. The molecular formula is C52H101N4O8P. The van der Waals surface area contributed by atoms with Gasteiger partial charge in [-0.15, -0.1) is 0 Å². The number of carbonyl (C=O) groups excluding carboxylic acids is 3. The number of ether oxygens (including phenoxy) is 2. The van der Waals surface area contributed by atoms with E-state index in [-0.39, 0.29) is 63.8 Å². The summed E-state index contributed by atoms with van der Waals surface area (Å²) in [6, 6.07) is 0. The van der Waals surface area contributed by atoms with E-state index in [0.29, 0.717) is 25.8 Å². The molecule has 0 aliphatic rings. The molecule has 0 spiro atoms. The van der Waals surface area contributed by atoms with E-state index in [0.717, 1.165) is 51.4 Å². The third-order valence-electron chi connectivity index (χ3n) is 11.3. The van der Waals surface area contributed by atoms with Crippen molar-refractivity contribution in [2.45, 2.75) is 239 Å². The van der Waals surface area contributed by atoms with Crippen LogP contribution in [-0.2, 0) is 37.5 Å². The highest BCUT2D eigenvalue weighted by atomic mass is 31.2. The SMILES string of the molecule is CCCCCCCCCC=CCCCCCCCC(=O)NCCOP(=O)(NCCOC(C)(C)OCCNC(=O)CC)OCCNC(=O)CCCCCCCC=CCCCCCCCCC. The predicted octanol–water partition coefficient (Wildman–Crippen LogP) is 13.1. The number of carbonyl (C=O) groups is 3. The van der Waals surface area contributed by atoms with Crippen molar-refractivity contribution >= 4 is 25.5 Å². The summed E-state index contributed by atoms with van der Waals surface area (Å²) < 4.78 is 36.7. The lowest BCUT2D eigenvalue weighted by Gasteiger charge is -2.26. The Bertz CT molecular complexity index is 1150. The molecule has 0 aromatic heterocycles.